The number of likely N-dealkylation sites (N-methyl/N-ethyl adjacent to an activating group) is 1. The minimum absolute atomic E-state index is 0.577. The highest BCUT2D eigenvalue weighted by molar-refractivity contribution is 5.81. The number of hydrogen-bond acceptors (Lipinski definition) is 4. The Hall–Kier alpha value is -0.770. The average Bonchev–Trinajstić information content (AvgIpc) is 2.54. The molecule has 0 radical (unpaired) electrons. The van der Waals surface area contributed by atoms with Crippen LogP contribution in [0.3, 0.4) is 0 Å². The van der Waals surface area contributed by atoms with E-state index in [-0.39, 0.29) is 0 Å². The maximum atomic E-state index is 4.41. The fourth-order valence-electron chi connectivity index (χ4n) is 1.85. The SMILES string of the molecule is CN1CCN=C1NC1CCCNC1. The molecule has 4 heteroatoms. The lowest BCUT2D eigenvalue weighted by Gasteiger charge is -2.26. The third-order valence-electron chi connectivity index (χ3n) is 2.69. The first kappa shape index (κ1) is 8.81. The highest BCUT2D eigenvalue weighted by atomic mass is 15.3. The summed E-state index contributed by atoms with van der Waals surface area (Å²) in [6.07, 6.45) is 2.54. The molecule has 0 aromatic carbocycles. The Kier molecular flexibility index (Phi) is 2.68. The molecule has 0 aromatic heterocycles. The van der Waals surface area contributed by atoms with Crippen molar-refractivity contribution in [2.45, 2.75) is 18.9 Å². The molecule has 2 aliphatic rings. The Balaban J connectivity index is 1.82. The van der Waals surface area contributed by atoms with Gasteiger partial charge in [-0.15, -0.1) is 0 Å². The maximum Gasteiger partial charge on any atom is 0.194 e. The number of hydrogen-bond donors (Lipinski definition) is 2. The number of guanidine groups is 1. The summed E-state index contributed by atoms with van der Waals surface area (Å²) in [5.74, 6) is 1.08. The molecule has 1 saturated heterocycles. The van der Waals surface area contributed by atoms with Crippen molar-refractivity contribution in [3.05, 3.63) is 0 Å². The van der Waals surface area contributed by atoms with Gasteiger partial charge in [0.25, 0.3) is 0 Å². The maximum absolute atomic E-state index is 4.41. The molecule has 0 saturated carbocycles. The first-order valence-corrected chi connectivity index (χ1v) is 5.09. The first-order chi connectivity index (χ1) is 6.36. The van der Waals surface area contributed by atoms with Gasteiger partial charge in [-0.2, -0.15) is 0 Å². The lowest BCUT2D eigenvalue weighted by Crippen LogP contribution is -2.48. The predicted octanol–water partition coefficient (Wildman–Crippen LogP) is -0.371. The summed E-state index contributed by atoms with van der Waals surface area (Å²) in [5, 5.41) is 6.87. The highest BCUT2D eigenvalue weighted by Crippen LogP contribution is 2.03. The molecule has 2 rings (SSSR count). The van der Waals surface area contributed by atoms with Crippen LogP contribution in [0.25, 0.3) is 0 Å². The Bertz CT molecular complexity index is 196. The number of aliphatic imine (C=N–C) groups is 1. The van der Waals surface area contributed by atoms with Gasteiger partial charge in [0.2, 0.25) is 0 Å². The number of nitrogens with zero attached hydrogens (tertiary/aromatic N) is 2. The third kappa shape index (κ3) is 2.12. The van der Waals surface area contributed by atoms with E-state index in [9.17, 15) is 0 Å². The topological polar surface area (TPSA) is 39.7 Å². The number of rotatable bonds is 1. The van der Waals surface area contributed by atoms with Gasteiger partial charge in [-0.05, 0) is 19.4 Å². The van der Waals surface area contributed by atoms with Crippen LogP contribution in [0.15, 0.2) is 4.99 Å². The van der Waals surface area contributed by atoms with Crippen LogP contribution in [0.1, 0.15) is 12.8 Å². The van der Waals surface area contributed by atoms with E-state index >= 15 is 0 Å². The van der Waals surface area contributed by atoms with E-state index in [2.05, 4.69) is 27.6 Å². The monoisotopic (exact) mass is 182 g/mol. The van der Waals surface area contributed by atoms with Crippen LogP contribution >= 0.6 is 0 Å². The van der Waals surface area contributed by atoms with Crippen LogP contribution in [0.2, 0.25) is 0 Å². The van der Waals surface area contributed by atoms with Crippen molar-refractivity contribution < 1.29 is 0 Å². The summed E-state index contributed by atoms with van der Waals surface area (Å²) in [4.78, 5) is 6.60. The van der Waals surface area contributed by atoms with Gasteiger partial charge in [0.1, 0.15) is 0 Å². The summed E-state index contributed by atoms with van der Waals surface area (Å²) in [6, 6.07) is 0.577. The molecule has 1 fully saturated rings. The Morgan fingerprint density at radius 2 is 2.54 bits per heavy atom. The van der Waals surface area contributed by atoms with Gasteiger partial charge >= 0.3 is 0 Å². The van der Waals surface area contributed by atoms with Gasteiger partial charge in [0.05, 0.1) is 6.54 Å². The van der Waals surface area contributed by atoms with E-state index in [1.165, 1.54) is 19.4 Å². The van der Waals surface area contributed by atoms with E-state index in [0.29, 0.717) is 6.04 Å². The zero-order valence-corrected chi connectivity index (χ0v) is 8.21. The van der Waals surface area contributed by atoms with Crippen LogP contribution < -0.4 is 10.6 Å². The Labute approximate surface area is 79.4 Å². The summed E-state index contributed by atoms with van der Waals surface area (Å²) in [6.45, 7) is 4.24. The molecule has 2 heterocycles. The molecule has 1 atom stereocenters. The Morgan fingerprint density at radius 3 is 3.15 bits per heavy atom. The van der Waals surface area contributed by atoms with E-state index in [4.69, 9.17) is 0 Å². The number of nitrogens with one attached hydrogen (secondary N) is 2. The molecule has 0 amide bonds. The van der Waals surface area contributed by atoms with Crippen LogP contribution in [0, 0.1) is 0 Å². The van der Waals surface area contributed by atoms with Crippen molar-refractivity contribution in [2.75, 3.05) is 33.2 Å². The molecule has 13 heavy (non-hydrogen) atoms. The molecule has 0 spiro atoms. The smallest absolute Gasteiger partial charge is 0.194 e. The molecule has 1 unspecified atom stereocenters. The zero-order chi connectivity index (χ0) is 9.10. The lowest BCUT2D eigenvalue weighted by molar-refractivity contribution is 0.414. The molecule has 74 valence electrons. The second-order valence-corrected chi connectivity index (χ2v) is 3.81. The molecule has 0 aliphatic carbocycles. The summed E-state index contributed by atoms with van der Waals surface area (Å²) < 4.78 is 0. The minimum Gasteiger partial charge on any atom is -0.352 e. The second-order valence-electron chi connectivity index (χ2n) is 3.81. The molecular weight excluding hydrogens is 164 g/mol. The van der Waals surface area contributed by atoms with E-state index in [0.717, 1.165) is 25.6 Å². The molecular formula is C9H18N4. The van der Waals surface area contributed by atoms with Gasteiger partial charge in [0, 0.05) is 26.2 Å². The van der Waals surface area contributed by atoms with Crippen LogP contribution in [-0.2, 0) is 0 Å². The van der Waals surface area contributed by atoms with E-state index in [1.807, 2.05) is 0 Å². The second kappa shape index (κ2) is 3.96. The zero-order valence-electron chi connectivity index (χ0n) is 8.21. The van der Waals surface area contributed by atoms with Gasteiger partial charge in [0.15, 0.2) is 5.96 Å². The molecule has 0 bridgehead atoms. The summed E-state index contributed by atoms with van der Waals surface area (Å²) in [5.41, 5.74) is 0. The normalized spacial score (nSPS) is 28.8. The first-order valence-electron chi connectivity index (χ1n) is 5.09. The van der Waals surface area contributed by atoms with Crippen molar-refractivity contribution in [2.24, 2.45) is 4.99 Å². The van der Waals surface area contributed by atoms with Crippen molar-refractivity contribution >= 4 is 5.96 Å². The molecule has 2 aliphatic heterocycles. The van der Waals surface area contributed by atoms with Crippen molar-refractivity contribution in [1.29, 1.82) is 0 Å². The van der Waals surface area contributed by atoms with Crippen LogP contribution in [0.4, 0.5) is 0 Å². The fourth-order valence-corrected chi connectivity index (χ4v) is 1.85. The van der Waals surface area contributed by atoms with E-state index < -0.39 is 0 Å². The fraction of sp³-hybridized carbons (Fsp3) is 0.889. The standard InChI is InChI=1S/C9H18N4/c1-13-6-5-11-9(13)12-8-3-2-4-10-7-8/h8,10H,2-7H2,1H3,(H,11,12). The van der Waals surface area contributed by atoms with Gasteiger partial charge < -0.3 is 15.5 Å². The van der Waals surface area contributed by atoms with Crippen LogP contribution in [0.5, 0.6) is 0 Å². The van der Waals surface area contributed by atoms with Crippen LogP contribution in [-0.4, -0.2) is 50.1 Å². The quantitative estimate of drug-likeness (QED) is 0.581. The van der Waals surface area contributed by atoms with Crippen molar-refractivity contribution in [1.82, 2.24) is 15.5 Å². The van der Waals surface area contributed by atoms with Gasteiger partial charge in [-0.1, -0.05) is 0 Å². The van der Waals surface area contributed by atoms with Crippen molar-refractivity contribution in [3.63, 3.8) is 0 Å². The van der Waals surface area contributed by atoms with Crippen molar-refractivity contribution in [3.8, 4) is 0 Å². The number of piperidine rings is 1. The van der Waals surface area contributed by atoms with E-state index in [1.54, 1.807) is 0 Å². The average molecular weight is 182 g/mol. The van der Waals surface area contributed by atoms with Gasteiger partial charge in [-0.3, -0.25) is 4.99 Å². The predicted molar refractivity (Wildman–Crippen MR) is 54.0 cm³/mol. The molecule has 4 nitrogen and oxygen atoms in total. The minimum atomic E-state index is 0.577. The summed E-state index contributed by atoms with van der Waals surface area (Å²) >= 11 is 0. The molecule has 2 N–H and O–H groups in total. The Morgan fingerprint density at radius 1 is 1.62 bits per heavy atom. The lowest BCUT2D eigenvalue weighted by atomic mass is 10.1. The largest absolute Gasteiger partial charge is 0.352 e. The molecule has 0 aromatic rings. The third-order valence-corrected chi connectivity index (χ3v) is 2.69. The highest BCUT2D eigenvalue weighted by Gasteiger charge is 2.18. The summed E-state index contributed by atoms with van der Waals surface area (Å²) in [7, 11) is 2.09. The van der Waals surface area contributed by atoms with Gasteiger partial charge in [-0.25, -0.2) is 0 Å².